The molecule has 0 atom stereocenters. The van der Waals surface area contributed by atoms with Gasteiger partial charge in [-0.1, -0.05) is 18.2 Å². The summed E-state index contributed by atoms with van der Waals surface area (Å²) in [6.07, 6.45) is 0. The van der Waals surface area contributed by atoms with Gasteiger partial charge in [-0.05, 0) is 6.07 Å². The van der Waals surface area contributed by atoms with Gasteiger partial charge in [-0.3, -0.25) is 0 Å². The van der Waals surface area contributed by atoms with E-state index in [-0.39, 0.29) is 6.61 Å². The molecule has 0 unspecified atom stereocenters. The van der Waals surface area contributed by atoms with Crippen LogP contribution in [0.15, 0.2) is 24.3 Å². The van der Waals surface area contributed by atoms with Crippen LogP contribution in [0.1, 0.15) is 5.56 Å². The Morgan fingerprint density at radius 3 is 2.81 bits per heavy atom. The number of methoxy groups -OCH3 is 1. The predicted octanol–water partition coefficient (Wildman–Crippen LogP) is 0.794. The molecule has 0 radical (unpaired) electrons. The summed E-state index contributed by atoms with van der Waals surface area (Å²) in [4.78, 5) is 0. The highest BCUT2D eigenvalue weighted by atomic mass is 16.5. The molecule has 0 fully saturated rings. The molecule has 2 N–H and O–H groups in total. The molecule has 4 nitrogen and oxygen atoms in total. The Morgan fingerprint density at radius 2 is 2.06 bits per heavy atom. The van der Waals surface area contributed by atoms with Crippen molar-refractivity contribution in [2.45, 2.75) is 6.54 Å². The first kappa shape index (κ1) is 13.0. The van der Waals surface area contributed by atoms with Crippen molar-refractivity contribution in [1.82, 2.24) is 5.32 Å². The van der Waals surface area contributed by atoms with Crippen LogP contribution < -0.4 is 10.1 Å². The molecule has 0 bridgehead atoms. The van der Waals surface area contributed by atoms with Crippen LogP contribution in [-0.2, 0) is 11.3 Å². The van der Waals surface area contributed by atoms with E-state index in [0.717, 1.165) is 24.4 Å². The molecular formula is C12H19NO3. The van der Waals surface area contributed by atoms with Crippen molar-refractivity contribution in [3.63, 3.8) is 0 Å². The van der Waals surface area contributed by atoms with Gasteiger partial charge in [0.1, 0.15) is 12.4 Å². The summed E-state index contributed by atoms with van der Waals surface area (Å²) in [6.45, 7) is 2.61. The number of hydrogen-bond donors (Lipinski definition) is 2. The van der Waals surface area contributed by atoms with E-state index in [0.29, 0.717) is 13.2 Å². The van der Waals surface area contributed by atoms with Crippen molar-refractivity contribution in [2.75, 3.05) is 33.5 Å². The van der Waals surface area contributed by atoms with Crippen LogP contribution >= 0.6 is 0 Å². The van der Waals surface area contributed by atoms with Gasteiger partial charge in [0.05, 0.1) is 13.2 Å². The molecule has 0 spiro atoms. The lowest BCUT2D eigenvalue weighted by Gasteiger charge is -2.11. The smallest absolute Gasteiger partial charge is 0.123 e. The summed E-state index contributed by atoms with van der Waals surface area (Å²) in [7, 11) is 1.68. The molecular weight excluding hydrogens is 206 g/mol. The minimum Gasteiger partial charge on any atom is -0.491 e. The van der Waals surface area contributed by atoms with E-state index in [4.69, 9.17) is 14.6 Å². The summed E-state index contributed by atoms with van der Waals surface area (Å²) >= 11 is 0. The van der Waals surface area contributed by atoms with Crippen LogP contribution in [0, 0.1) is 0 Å². The third kappa shape index (κ3) is 4.61. The molecule has 90 valence electrons. The lowest BCUT2D eigenvalue weighted by atomic mass is 10.2. The molecule has 0 saturated carbocycles. The van der Waals surface area contributed by atoms with Crippen molar-refractivity contribution >= 4 is 0 Å². The van der Waals surface area contributed by atoms with Gasteiger partial charge in [0.2, 0.25) is 0 Å². The van der Waals surface area contributed by atoms with Crippen LogP contribution in [0.3, 0.4) is 0 Å². The second-order valence-electron chi connectivity index (χ2n) is 3.35. The lowest BCUT2D eigenvalue weighted by molar-refractivity contribution is 0.196. The van der Waals surface area contributed by atoms with E-state index < -0.39 is 0 Å². The van der Waals surface area contributed by atoms with Crippen LogP contribution in [0.5, 0.6) is 5.75 Å². The molecule has 0 aliphatic heterocycles. The normalized spacial score (nSPS) is 10.4. The van der Waals surface area contributed by atoms with E-state index in [1.165, 1.54) is 0 Å². The maximum absolute atomic E-state index is 8.71. The number of aliphatic hydroxyl groups is 1. The highest BCUT2D eigenvalue weighted by molar-refractivity contribution is 5.33. The summed E-state index contributed by atoms with van der Waals surface area (Å²) in [5.41, 5.74) is 1.09. The topological polar surface area (TPSA) is 50.7 Å². The number of ether oxygens (including phenoxy) is 2. The monoisotopic (exact) mass is 225 g/mol. The molecule has 1 rings (SSSR count). The zero-order valence-corrected chi connectivity index (χ0v) is 9.61. The zero-order chi connectivity index (χ0) is 11.6. The van der Waals surface area contributed by atoms with Crippen LogP contribution in [0.25, 0.3) is 0 Å². The summed E-state index contributed by atoms with van der Waals surface area (Å²) < 4.78 is 10.4. The fraction of sp³-hybridized carbons (Fsp3) is 0.500. The standard InChI is InChI=1S/C12H19NO3/c1-15-8-6-13-10-11-4-2-3-5-12(11)16-9-7-14/h2-5,13-14H,6-10H2,1H3. The number of nitrogens with one attached hydrogen (secondary N) is 1. The van der Waals surface area contributed by atoms with Gasteiger partial charge in [-0.2, -0.15) is 0 Å². The molecule has 0 aromatic heterocycles. The second kappa shape index (κ2) is 8.10. The summed E-state index contributed by atoms with van der Waals surface area (Å²) in [5, 5.41) is 12.0. The third-order valence-corrected chi connectivity index (χ3v) is 2.12. The lowest BCUT2D eigenvalue weighted by Crippen LogP contribution is -2.19. The molecule has 1 aromatic carbocycles. The molecule has 0 heterocycles. The minimum absolute atomic E-state index is 0.0332. The van der Waals surface area contributed by atoms with Crippen molar-refractivity contribution in [1.29, 1.82) is 0 Å². The number of rotatable bonds is 8. The average molecular weight is 225 g/mol. The first-order chi connectivity index (χ1) is 7.88. The van der Waals surface area contributed by atoms with E-state index in [9.17, 15) is 0 Å². The number of benzene rings is 1. The molecule has 0 aliphatic rings. The molecule has 1 aromatic rings. The maximum Gasteiger partial charge on any atom is 0.123 e. The Kier molecular flexibility index (Phi) is 6.56. The van der Waals surface area contributed by atoms with Gasteiger partial charge in [0, 0.05) is 25.8 Å². The molecule has 16 heavy (non-hydrogen) atoms. The van der Waals surface area contributed by atoms with Crippen molar-refractivity contribution in [2.24, 2.45) is 0 Å². The Bertz CT molecular complexity index is 291. The van der Waals surface area contributed by atoms with Crippen molar-refractivity contribution in [3.8, 4) is 5.75 Å². The SMILES string of the molecule is COCCNCc1ccccc1OCCO. The maximum atomic E-state index is 8.71. The van der Waals surface area contributed by atoms with Crippen LogP contribution in [0.2, 0.25) is 0 Å². The first-order valence-corrected chi connectivity index (χ1v) is 5.39. The number of aliphatic hydroxyl groups excluding tert-OH is 1. The Hall–Kier alpha value is -1.10. The van der Waals surface area contributed by atoms with Gasteiger partial charge < -0.3 is 19.9 Å². The van der Waals surface area contributed by atoms with E-state index in [2.05, 4.69) is 5.32 Å². The molecule has 4 heteroatoms. The summed E-state index contributed by atoms with van der Waals surface area (Å²) in [5.74, 6) is 0.821. The Labute approximate surface area is 96.2 Å². The minimum atomic E-state index is 0.0332. The zero-order valence-electron chi connectivity index (χ0n) is 9.61. The molecule has 0 saturated heterocycles. The van der Waals surface area contributed by atoms with Gasteiger partial charge in [-0.15, -0.1) is 0 Å². The number of para-hydroxylation sites is 1. The van der Waals surface area contributed by atoms with Gasteiger partial charge in [0.15, 0.2) is 0 Å². The fourth-order valence-electron chi connectivity index (χ4n) is 1.34. The predicted molar refractivity (Wildman–Crippen MR) is 62.6 cm³/mol. The van der Waals surface area contributed by atoms with E-state index >= 15 is 0 Å². The van der Waals surface area contributed by atoms with Gasteiger partial charge in [-0.25, -0.2) is 0 Å². The van der Waals surface area contributed by atoms with Crippen molar-refractivity contribution in [3.05, 3.63) is 29.8 Å². The largest absolute Gasteiger partial charge is 0.491 e. The highest BCUT2D eigenvalue weighted by Crippen LogP contribution is 2.17. The van der Waals surface area contributed by atoms with Gasteiger partial charge >= 0.3 is 0 Å². The van der Waals surface area contributed by atoms with Gasteiger partial charge in [0.25, 0.3) is 0 Å². The van der Waals surface area contributed by atoms with Crippen LogP contribution in [0.4, 0.5) is 0 Å². The Morgan fingerprint density at radius 1 is 1.25 bits per heavy atom. The Balaban J connectivity index is 2.43. The second-order valence-corrected chi connectivity index (χ2v) is 3.35. The third-order valence-electron chi connectivity index (χ3n) is 2.12. The first-order valence-electron chi connectivity index (χ1n) is 5.39. The molecule has 0 aliphatic carbocycles. The highest BCUT2D eigenvalue weighted by Gasteiger charge is 2.01. The fourth-order valence-corrected chi connectivity index (χ4v) is 1.34. The molecule has 0 amide bonds. The average Bonchev–Trinajstić information content (AvgIpc) is 2.33. The van der Waals surface area contributed by atoms with E-state index in [1.807, 2.05) is 24.3 Å². The van der Waals surface area contributed by atoms with E-state index in [1.54, 1.807) is 7.11 Å². The van der Waals surface area contributed by atoms with Crippen LogP contribution in [-0.4, -0.2) is 38.6 Å². The van der Waals surface area contributed by atoms with Crippen molar-refractivity contribution < 1.29 is 14.6 Å². The quantitative estimate of drug-likeness (QED) is 0.642. The number of hydrogen-bond acceptors (Lipinski definition) is 4. The summed E-state index contributed by atoms with van der Waals surface area (Å²) in [6, 6.07) is 7.81.